The SMILES string of the molecule is CCCCC/C(=C\[B]OC(C)(C)C(C)(C)O)C(O)(c1ccccc1)C1CC1. The molecule has 0 saturated heterocycles. The maximum absolute atomic E-state index is 11.8. The van der Waals surface area contributed by atoms with E-state index in [1.165, 1.54) is 0 Å². The van der Waals surface area contributed by atoms with Crippen molar-refractivity contribution in [3.63, 3.8) is 0 Å². The van der Waals surface area contributed by atoms with E-state index in [1.807, 2.05) is 50.2 Å². The zero-order valence-corrected chi connectivity index (χ0v) is 17.7. The summed E-state index contributed by atoms with van der Waals surface area (Å²) in [4.78, 5) is 0. The minimum atomic E-state index is -0.966. The van der Waals surface area contributed by atoms with Gasteiger partial charge in [-0.2, -0.15) is 0 Å². The summed E-state index contributed by atoms with van der Waals surface area (Å²) in [5, 5.41) is 22.1. The minimum absolute atomic E-state index is 0.267. The van der Waals surface area contributed by atoms with Gasteiger partial charge < -0.3 is 14.9 Å². The van der Waals surface area contributed by atoms with E-state index >= 15 is 0 Å². The van der Waals surface area contributed by atoms with Crippen molar-refractivity contribution >= 4 is 7.48 Å². The molecule has 1 saturated carbocycles. The fourth-order valence-corrected chi connectivity index (χ4v) is 3.27. The molecule has 0 heterocycles. The Morgan fingerprint density at radius 2 is 1.74 bits per heavy atom. The fraction of sp³-hybridized carbons (Fsp3) is 0.652. The molecule has 4 heteroatoms. The number of benzene rings is 1. The Hall–Kier alpha value is -1.10. The van der Waals surface area contributed by atoms with Gasteiger partial charge in [0.1, 0.15) is 5.60 Å². The summed E-state index contributed by atoms with van der Waals surface area (Å²) in [6, 6.07) is 10.0. The average molecular weight is 371 g/mol. The zero-order chi connectivity index (χ0) is 20.1. The predicted molar refractivity (Wildman–Crippen MR) is 113 cm³/mol. The summed E-state index contributed by atoms with van der Waals surface area (Å²) >= 11 is 0. The van der Waals surface area contributed by atoms with E-state index in [1.54, 1.807) is 21.3 Å². The lowest BCUT2D eigenvalue weighted by atomic mass is 9.75. The monoisotopic (exact) mass is 371 g/mol. The number of aliphatic hydroxyl groups is 2. The summed E-state index contributed by atoms with van der Waals surface area (Å²) in [6.45, 7) is 9.43. The van der Waals surface area contributed by atoms with E-state index in [9.17, 15) is 10.2 Å². The van der Waals surface area contributed by atoms with Crippen molar-refractivity contribution in [2.45, 2.75) is 89.9 Å². The Morgan fingerprint density at radius 3 is 2.26 bits per heavy atom. The number of rotatable bonds is 11. The Balaban J connectivity index is 2.26. The molecule has 0 aliphatic heterocycles. The largest absolute Gasteiger partial charge is 0.427 e. The van der Waals surface area contributed by atoms with Gasteiger partial charge in [-0.25, -0.2) is 0 Å². The second-order valence-electron chi connectivity index (χ2n) is 8.88. The van der Waals surface area contributed by atoms with E-state index in [2.05, 4.69) is 6.92 Å². The molecule has 2 rings (SSSR count). The molecule has 1 aromatic carbocycles. The minimum Gasteiger partial charge on any atom is -0.427 e. The van der Waals surface area contributed by atoms with Crippen molar-refractivity contribution in [3.8, 4) is 0 Å². The molecule has 1 unspecified atom stereocenters. The zero-order valence-electron chi connectivity index (χ0n) is 17.7. The van der Waals surface area contributed by atoms with Crippen LogP contribution in [0.5, 0.6) is 0 Å². The highest BCUT2D eigenvalue weighted by atomic mass is 16.5. The van der Waals surface area contributed by atoms with Gasteiger partial charge in [0.2, 0.25) is 0 Å². The molecule has 3 nitrogen and oxygen atoms in total. The van der Waals surface area contributed by atoms with Crippen LogP contribution >= 0.6 is 0 Å². The first kappa shape index (κ1) is 22.2. The van der Waals surface area contributed by atoms with Gasteiger partial charge in [0.15, 0.2) is 0 Å². The predicted octanol–water partition coefficient (Wildman–Crippen LogP) is 4.93. The molecule has 1 atom stereocenters. The van der Waals surface area contributed by atoms with E-state index in [-0.39, 0.29) is 5.92 Å². The van der Waals surface area contributed by atoms with Crippen molar-refractivity contribution in [1.29, 1.82) is 0 Å². The number of hydrogen-bond donors (Lipinski definition) is 2. The summed E-state index contributed by atoms with van der Waals surface area (Å²) in [6.07, 6.45) is 6.28. The van der Waals surface area contributed by atoms with E-state index in [0.717, 1.165) is 49.7 Å². The van der Waals surface area contributed by atoms with Crippen LogP contribution in [-0.4, -0.2) is 28.9 Å². The third kappa shape index (κ3) is 5.46. The van der Waals surface area contributed by atoms with Crippen molar-refractivity contribution in [2.24, 2.45) is 5.92 Å². The van der Waals surface area contributed by atoms with Crippen LogP contribution in [0.4, 0.5) is 0 Å². The molecule has 1 aliphatic rings. The second kappa shape index (κ2) is 8.94. The van der Waals surface area contributed by atoms with Crippen molar-refractivity contribution in [1.82, 2.24) is 0 Å². The Labute approximate surface area is 166 Å². The molecule has 27 heavy (non-hydrogen) atoms. The molecule has 0 aromatic heterocycles. The van der Waals surface area contributed by atoms with Gasteiger partial charge in [-0.05, 0) is 70.4 Å². The molecule has 0 bridgehead atoms. The van der Waals surface area contributed by atoms with Crippen molar-refractivity contribution in [3.05, 3.63) is 47.4 Å². The van der Waals surface area contributed by atoms with Crippen LogP contribution in [-0.2, 0) is 10.3 Å². The molecule has 1 aromatic rings. The lowest BCUT2D eigenvalue weighted by Crippen LogP contribution is -2.48. The van der Waals surface area contributed by atoms with Crippen LogP contribution < -0.4 is 0 Å². The topological polar surface area (TPSA) is 49.7 Å². The second-order valence-corrected chi connectivity index (χ2v) is 8.88. The van der Waals surface area contributed by atoms with Gasteiger partial charge in [0, 0.05) is 0 Å². The highest BCUT2D eigenvalue weighted by Gasteiger charge is 2.47. The highest BCUT2D eigenvalue weighted by molar-refractivity contribution is 6.34. The fourth-order valence-electron chi connectivity index (χ4n) is 3.27. The Morgan fingerprint density at radius 1 is 1.11 bits per heavy atom. The van der Waals surface area contributed by atoms with E-state index in [4.69, 9.17) is 4.65 Å². The molecule has 1 aliphatic carbocycles. The molecule has 0 spiro atoms. The number of hydrogen-bond acceptors (Lipinski definition) is 3. The van der Waals surface area contributed by atoms with Gasteiger partial charge in [-0.1, -0.05) is 56.1 Å². The summed E-state index contributed by atoms with van der Waals surface area (Å²) in [7, 11) is 1.66. The molecule has 0 amide bonds. The maximum atomic E-state index is 11.8. The Bertz CT molecular complexity index is 614. The lowest BCUT2D eigenvalue weighted by molar-refractivity contribution is -0.0895. The van der Waals surface area contributed by atoms with Crippen molar-refractivity contribution in [2.75, 3.05) is 0 Å². The van der Waals surface area contributed by atoms with Crippen LogP contribution in [0, 0.1) is 5.92 Å². The maximum Gasteiger partial charge on any atom is 0.323 e. The highest BCUT2D eigenvalue weighted by Crippen LogP contribution is 2.51. The lowest BCUT2D eigenvalue weighted by Gasteiger charge is -2.38. The van der Waals surface area contributed by atoms with Gasteiger partial charge in [0.05, 0.1) is 11.2 Å². The van der Waals surface area contributed by atoms with Gasteiger partial charge in [-0.3, -0.25) is 0 Å². The first-order chi connectivity index (χ1) is 12.6. The third-order valence-corrected chi connectivity index (χ3v) is 6.03. The van der Waals surface area contributed by atoms with Crippen LogP contribution in [0.3, 0.4) is 0 Å². The standard InChI is InChI=1S/C23H36BO3/c1-6-7-9-14-20(17-24-27-22(4,5)21(2,3)25)23(26,19-15-16-19)18-12-10-8-11-13-18/h8,10-13,17,19,25-26H,6-7,9,14-16H2,1-5H3/b20-17+. The molecule has 149 valence electrons. The Kier molecular flexibility index (Phi) is 7.35. The first-order valence-corrected chi connectivity index (χ1v) is 10.3. The number of unbranched alkanes of at least 4 members (excludes halogenated alkanes) is 2. The molecular formula is C23H36BO3. The summed E-state index contributed by atoms with van der Waals surface area (Å²) in [5.41, 5.74) is -0.649. The third-order valence-electron chi connectivity index (χ3n) is 6.03. The molecule has 1 radical (unpaired) electrons. The van der Waals surface area contributed by atoms with Gasteiger partial charge >= 0.3 is 7.48 Å². The van der Waals surface area contributed by atoms with Gasteiger partial charge in [0.25, 0.3) is 0 Å². The summed E-state index contributed by atoms with van der Waals surface area (Å²) < 4.78 is 5.90. The summed E-state index contributed by atoms with van der Waals surface area (Å²) in [5.74, 6) is 2.21. The molecule has 1 fully saturated rings. The smallest absolute Gasteiger partial charge is 0.323 e. The van der Waals surface area contributed by atoms with E-state index < -0.39 is 16.8 Å². The van der Waals surface area contributed by atoms with E-state index in [0.29, 0.717) is 0 Å². The average Bonchev–Trinajstić information content (AvgIpc) is 3.45. The molecular weight excluding hydrogens is 335 g/mol. The van der Waals surface area contributed by atoms with Crippen LogP contribution in [0.1, 0.15) is 78.7 Å². The molecule has 2 N–H and O–H groups in total. The van der Waals surface area contributed by atoms with Crippen LogP contribution in [0.25, 0.3) is 0 Å². The van der Waals surface area contributed by atoms with Gasteiger partial charge in [-0.15, -0.1) is 0 Å². The van der Waals surface area contributed by atoms with Crippen LogP contribution in [0.15, 0.2) is 41.9 Å². The normalized spacial score (nSPS) is 18.3. The van der Waals surface area contributed by atoms with Crippen molar-refractivity contribution < 1.29 is 14.9 Å². The van der Waals surface area contributed by atoms with Crippen LogP contribution in [0.2, 0.25) is 0 Å². The quantitative estimate of drug-likeness (QED) is 0.428. The first-order valence-electron chi connectivity index (χ1n) is 10.3.